The number of methoxy groups -OCH3 is 1. The maximum atomic E-state index is 12.5. The second-order valence-corrected chi connectivity index (χ2v) is 8.85. The monoisotopic (exact) mass is 472 g/mol. The van der Waals surface area contributed by atoms with Crippen LogP contribution >= 0.6 is 0 Å². The SMILES string of the molecule is COc1ccc(C=CC(=O)Nc2ccccc2COc2ccc(C3CCN(C)CC3)cc2)cc1O. The number of likely N-dealkylation sites (tertiary alicyclic amines) is 1. The van der Waals surface area contributed by atoms with Crippen LogP contribution in [0.5, 0.6) is 17.2 Å². The quantitative estimate of drug-likeness (QED) is 0.427. The molecule has 1 aliphatic heterocycles. The molecule has 0 unspecified atom stereocenters. The minimum atomic E-state index is -0.268. The highest BCUT2D eigenvalue weighted by atomic mass is 16.5. The number of phenolic OH excluding ortho intramolecular Hbond substituents is 1. The number of aromatic hydroxyl groups is 1. The Balaban J connectivity index is 1.34. The second-order valence-electron chi connectivity index (χ2n) is 8.85. The van der Waals surface area contributed by atoms with Crippen molar-refractivity contribution < 1.29 is 19.4 Å². The molecule has 0 radical (unpaired) electrons. The van der Waals surface area contributed by atoms with Gasteiger partial charge >= 0.3 is 0 Å². The summed E-state index contributed by atoms with van der Waals surface area (Å²) >= 11 is 0. The van der Waals surface area contributed by atoms with Gasteiger partial charge in [-0.15, -0.1) is 0 Å². The van der Waals surface area contributed by atoms with Crippen LogP contribution in [0, 0.1) is 0 Å². The number of carbonyl (C=O) groups excluding carboxylic acids is 1. The third-order valence-electron chi connectivity index (χ3n) is 6.37. The van der Waals surface area contributed by atoms with Crippen LogP contribution in [0.2, 0.25) is 0 Å². The number of rotatable bonds is 8. The lowest BCUT2D eigenvalue weighted by atomic mass is 9.90. The van der Waals surface area contributed by atoms with E-state index in [0.29, 0.717) is 29.5 Å². The fraction of sp³-hybridized carbons (Fsp3) is 0.276. The fourth-order valence-corrected chi connectivity index (χ4v) is 4.26. The largest absolute Gasteiger partial charge is 0.504 e. The highest BCUT2D eigenvalue weighted by Gasteiger charge is 2.18. The zero-order valence-corrected chi connectivity index (χ0v) is 20.2. The molecule has 182 valence electrons. The first-order valence-electron chi connectivity index (χ1n) is 11.9. The van der Waals surface area contributed by atoms with Gasteiger partial charge in [0.15, 0.2) is 11.5 Å². The van der Waals surface area contributed by atoms with E-state index in [1.165, 1.54) is 31.6 Å². The van der Waals surface area contributed by atoms with E-state index in [2.05, 4.69) is 29.4 Å². The summed E-state index contributed by atoms with van der Waals surface area (Å²) in [5.41, 5.74) is 3.65. The summed E-state index contributed by atoms with van der Waals surface area (Å²) < 4.78 is 11.1. The van der Waals surface area contributed by atoms with Gasteiger partial charge in [0.2, 0.25) is 5.91 Å². The van der Waals surface area contributed by atoms with Crippen molar-refractivity contribution in [2.24, 2.45) is 0 Å². The van der Waals surface area contributed by atoms with Crippen LogP contribution in [-0.2, 0) is 11.4 Å². The Morgan fingerprint density at radius 1 is 1.09 bits per heavy atom. The third kappa shape index (κ3) is 6.64. The number of amides is 1. The average molecular weight is 473 g/mol. The first-order valence-corrected chi connectivity index (χ1v) is 11.9. The van der Waals surface area contributed by atoms with E-state index in [4.69, 9.17) is 9.47 Å². The average Bonchev–Trinajstić information content (AvgIpc) is 2.88. The van der Waals surface area contributed by atoms with Gasteiger partial charge in [0.25, 0.3) is 0 Å². The molecule has 2 N–H and O–H groups in total. The standard InChI is InChI=1S/C29H32N2O4/c1-31-17-15-23(16-18-31)22-9-11-25(12-10-22)35-20-24-5-3-4-6-26(24)30-29(33)14-8-21-7-13-28(34-2)27(32)19-21/h3-14,19,23,32H,15-18,20H2,1-2H3,(H,30,33). The number of hydrogen-bond donors (Lipinski definition) is 2. The summed E-state index contributed by atoms with van der Waals surface area (Å²) in [6.07, 6.45) is 5.45. The lowest BCUT2D eigenvalue weighted by Gasteiger charge is -2.29. The Morgan fingerprint density at radius 2 is 1.83 bits per heavy atom. The number of phenols is 1. The zero-order chi connectivity index (χ0) is 24.6. The van der Waals surface area contributed by atoms with Gasteiger partial charge in [0.1, 0.15) is 12.4 Å². The van der Waals surface area contributed by atoms with E-state index >= 15 is 0 Å². The van der Waals surface area contributed by atoms with Gasteiger partial charge in [-0.05, 0) is 86.4 Å². The van der Waals surface area contributed by atoms with E-state index in [1.54, 1.807) is 24.3 Å². The summed E-state index contributed by atoms with van der Waals surface area (Å²) in [5.74, 6) is 1.57. The Kier molecular flexibility index (Phi) is 8.06. The molecule has 0 atom stereocenters. The number of hydrogen-bond acceptors (Lipinski definition) is 5. The number of nitrogens with zero attached hydrogens (tertiary/aromatic N) is 1. The number of anilines is 1. The molecule has 35 heavy (non-hydrogen) atoms. The zero-order valence-electron chi connectivity index (χ0n) is 20.2. The molecule has 0 bridgehead atoms. The van der Waals surface area contributed by atoms with Crippen molar-refractivity contribution in [1.82, 2.24) is 4.90 Å². The van der Waals surface area contributed by atoms with Crippen LogP contribution < -0.4 is 14.8 Å². The summed E-state index contributed by atoms with van der Waals surface area (Å²) in [7, 11) is 3.67. The summed E-state index contributed by atoms with van der Waals surface area (Å²) in [6, 6.07) is 20.9. The van der Waals surface area contributed by atoms with Crippen molar-refractivity contribution in [2.45, 2.75) is 25.4 Å². The van der Waals surface area contributed by atoms with Gasteiger partial charge in [-0.3, -0.25) is 4.79 Å². The van der Waals surface area contributed by atoms with Crippen molar-refractivity contribution in [2.75, 3.05) is 32.6 Å². The highest BCUT2D eigenvalue weighted by molar-refractivity contribution is 6.02. The molecule has 1 amide bonds. The minimum absolute atomic E-state index is 0.0249. The van der Waals surface area contributed by atoms with Crippen LogP contribution in [-0.4, -0.2) is 43.2 Å². The lowest BCUT2D eigenvalue weighted by Crippen LogP contribution is -2.29. The second kappa shape index (κ2) is 11.6. The Labute approximate surface area is 206 Å². The molecule has 6 nitrogen and oxygen atoms in total. The van der Waals surface area contributed by atoms with Gasteiger partial charge in [-0.25, -0.2) is 0 Å². The molecule has 1 fully saturated rings. The molecule has 0 saturated carbocycles. The Bertz CT molecular complexity index is 1170. The first kappa shape index (κ1) is 24.4. The molecule has 1 heterocycles. The van der Waals surface area contributed by atoms with Crippen LogP contribution in [0.15, 0.2) is 72.8 Å². The van der Waals surface area contributed by atoms with Gasteiger partial charge < -0.3 is 24.8 Å². The van der Waals surface area contributed by atoms with E-state index in [-0.39, 0.29) is 11.7 Å². The number of piperidine rings is 1. The highest BCUT2D eigenvalue weighted by Crippen LogP contribution is 2.29. The van der Waals surface area contributed by atoms with Crippen LogP contribution in [0.1, 0.15) is 35.4 Å². The summed E-state index contributed by atoms with van der Waals surface area (Å²) in [5, 5.41) is 12.8. The van der Waals surface area contributed by atoms with Crippen molar-refractivity contribution in [3.63, 3.8) is 0 Å². The first-order chi connectivity index (χ1) is 17.0. The summed E-state index contributed by atoms with van der Waals surface area (Å²) in [4.78, 5) is 14.9. The molecular formula is C29H32N2O4. The number of para-hydroxylation sites is 1. The summed E-state index contributed by atoms with van der Waals surface area (Å²) in [6.45, 7) is 2.63. The van der Waals surface area contributed by atoms with Crippen LogP contribution in [0.3, 0.4) is 0 Å². The maximum Gasteiger partial charge on any atom is 0.248 e. The fourth-order valence-electron chi connectivity index (χ4n) is 4.26. The number of carbonyl (C=O) groups is 1. The van der Waals surface area contributed by atoms with Gasteiger partial charge in [0, 0.05) is 17.3 Å². The number of benzene rings is 3. The molecule has 6 heteroatoms. The number of nitrogens with one attached hydrogen (secondary N) is 1. The van der Waals surface area contributed by atoms with E-state index < -0.39 is 0 Å². The van der Waals surface area contributed by atoms with Crippen molar-refractivity contribution in [3.8, 4) is 17.2 Å². The van der Waals surface area contributed by atoms with Crippen molar-refractivity contribution in [1.29, 1.82) is 0 Å². The van der Waals surface area contributed by atoms with E-state index in [9.17, 15) is 9.90 Å². The molecule has 1 aliphatic rings. The molecule has 3 aromatic carbocycles. The predicted octanol–water partition coefficient (Wildman–Crippen LogP) is 5.44. The molecule has 0 spiro atoms. The van der Waals surface area contributed by atoms with Crippen molar-refractivity contribution >= 4 is 17.7 Å². The Hall–Kier alpha value is -3.77. The maximum absolute atomic E-state index is 12.5. The van der Waals surface area contributed by atoms with Crippen molar-refractivity contribution in [3.05, 3.63) is 89.5 Å². The molecule has 3 aromatic rings. The topological polar surface area (TPSA) is 71.0 Å². The molecule has 0 aromatic heterocycles. The smallest absolute Gasteiger partial charge is 0.248 e. The molecule has 4 rings (SSSR count). The van der Waals surface area contributed by atoms with Crippen LogP contribution in [0.4, 0.5) is 5.69 Å². The molecule has 0 aliphatic carbocycles. The predicted molar refractivity (Wildman–Crippen MR) is 139 cm³/mol. The lowest BCUT2D eigenvalue weighted by molar-refractivity contribution is -0.111. The molecular weight excluding hydrogens is 440 g/mol. The molecule has 1 saturated heterocycles. The Morgan fingerprint density at radius 3 is 2.54 bits per heavy atom. The van der Waals surface area contributed by atoms with E-state index in [1.807, 2.05) is 36.4 Å². The minimum Gasteiger partial charge on any atom is -0.504 e. The van der Waals surface area contributed by atoms with E-state index in [0.717, 1.165) is 24.4 Å². The van der Waals surface area contributed by atoms with Gasteiger partial charge in [-0.1, -0.05) is 36.4 Å². The van der Waals surface area contributed by atoms with Crippen LogP contribution in [0.25, 0.3) is 6.08 Å². The third-order valence-corrected chi connectivity index (χ3v) is 6.37. The van der Waals surface area contributed by atoms with Gasteiger partial charge in [0.05, 0.1) is 7.11 Å². The number of ether oxygens (including phenoxy) is 2. The van der Waals surface area contributed by atoms with Gasteiger partial charge in [-0.2, -0.15) is 0 Å². The normalized spacial score (nSPS) is 14.7.